The summed E-state index contributed by atoms with van der Waals surface area (Å²) in [4.78, 5) is 5.79. The lowest BCUT2D eigenvalue weighted by Crippen LogP contribution is -2.61. The largest absolute Gasteiger partial charge is 0.311 e. The second-order valence-corrected chi connectivity index (χ2v) is 30.6. The second kappa shape index (κ2) is 12.1. The first-order valence-electron chi connectivity index (χ1n) is 31.2. The minimum absolute atomic E-state index is 0.235. The highest BCUT2D eigenvalue weighted by Gasteiger charge is 2.69. The first-order valence-corrected chi connectivity index (χ1v) is 31.2. The molecule has 5 aromatic carbocycles. The number of fused-ring (bicyclic) bond motifs is 22. The Hall–Kier alpha value is -4.24. The van der Waals surface area contributed by atoms with Crippen molar-refractivity contribution in [2.45, 2.75) is 177 Å². The maximum Gasteiger partial charge on any atom is 0.252 e. The van der Waals surface area contributed by atoms with Crippen LogP contribution in [0.25, 0.3) is 0 Å². The summed E-state index contributed by atoms with van der Waals surface area (Å²) in [5.74, 6) is 13.0. The Morgan fingerprint density at radius 2 is 0.822 bits per heavy atom. The van der Waals surface area contributed by atoms with Gasteiger partial charge in [0.15, 0.2) is 0 Å². The van der Waals surface area contributed by atoms with Gasteiger partial charge in [0, 0.05) is 34.1 Å². The summed E-state index contributed by atoms with van der Waals surface area (Å²) in [7, 11) is 0. The van der Waals surface area contributed by atoms with Crippen LogP contribution in [-0.2, 0) is 6.42 Å². The number of hydrogen-bond acceptors (Lipinski definition) is 2. The van der Waals surface area contributed by atoms with Crippen molar-refractivity contribution in [2.24, 2.45) is 69.0 Å². The zero-order chi connectivity index (χ0) is 46.5. The zero-order valence-electron chi connectivity index (χ0n) is 43.3. The Bertz CT molecular complexity index is 3500. The quantitative estimate of drug-likeness (QED) is 0.163. The van der Waals surface area contributed by atoms with Gasteiger partial charge in [0.05, 0.1) is 0 Å². The van der Waals surface area contributed by atoms with Crippen LogP contribution in [0, 0.1) is 69.0 Å². The molecule has 2 heterocycles. The number of benzene rings is 5. The summed E-state index contributed by atoms with van der Waals surface area (Å²) < 4.78 is 0. The molecule has 11 bridgehead atoms. The van der Waals surface area contributed by atoms with Crippen LogP contribution < -0.4 is 26.2 Å². The van der Waals surface area contributed by atoms with Crippen LogP contribution in [0.5, 0.6) is 0 Å². The molecule has 17 aliphatic rings. The molecule has 73 heavy (non-hydrogen) atoms. The van der Waals surface area contributed by atoms with Crippen LogP contribution in [0.2, 0.25) is 0 Å². The summed E-state index contributed by atoms with van der Waals surface area (Å²) in [6.07, 6.45) is 29.1. The molecule has 2 aliphatic heterocycles. The van der Waals surface area contributed by atoms with Crippen molar-refractivity contribution >= 4 is 57.2 Å². The fourth-order valence-corrected chi connectivity index (χ4v) is 26.8. The van der Waals surface area contributed by atoms with E-state index in [1.807, 2.05) is 0 Å². The van der Waals surface area contributed by atoms with E-state index >= 15 is 0 Å². The summed E-state index contributed by atoms with van der Waals surface area (Å²) in [6.45, 7) is 2.77. The van der Waals surface area contributed by atoms with Gasteiger partial charge in [-0.25, -0.2) is 0 Å². The lowest BCUT2D eigenvalue weighted by atomic mass is 9.33. The number of nitrogens with zero attached hydrogens (tertiary/aromatic N) is 2. The molecule has 5 aromatic rings. The fraction of sp³-hybridized carbons (Fsp3) is 0.571. The first kappa shape index (κ1) is 39.2. The number of anilines is 6. The lowest BCUT2D eigenvalue weighted by molar-refractivity contribution is -0.0297. The van der Waals surface area contributed by atoms with Gasteiger partial charge in [0.25, 0.3) is 6.71 Å². The maximum atomic E-state index is 2.94. The average molecular weight is 951 g/mol. The molecule has 15 aliphatic carbocycles. The Kier molecular flexibility index (Phi) is 6.52. The molecular weight excluding hydrogens is 880 g/mol. The van der Waals surface area contributed by atoms with Crippen molar-refractivity contribution in [1.29, 1.82) is 0 Å². The monoisotopic (exact) mass is 951 g/mol. The van der Waals surface area contributed by atoms with Crippen LogP contribution in [0.15, 0.2) is 78.9 Å². The molecule has 0 amide bonds. The van der Waals surface area contributed by atoms with Crippen molar-refractivity contribution in [3.05, 3.63) is 123 Å². The van der Waals surface area contributed by atoms with Gasteiger partial charge < -0.3 is 9.80 Å². The van der Waals surface area contributed by atoms with E-state index in [-0.39, 0.29) is 6.71 Å². The number of hydrogen-bond donors (Lipinski definition) is 0. The highest BCUT2D eigenvalue weighted by Crippen LogP contribution is 2.79. The molecule has 19 unspecified atom stereocenters. The maximum absolute atomic E-state index is 2.94. The fourth-order valence-electron chi connectivity index (χ4n) is 26.8. The van der Waals surface area contributed by atoms with Crippen molar-refractivity contribution in [2.75, 3.05) is 9.80 Å². The van der Waals surface area contributed by atoms with Crippen LogP contribution in [0.4, 0.5) is 34.1 Å². The minimum atomic E-state index is 0.235. The predicted molar refractivity (Wildman–Crippen MR) is 294 cm³/mol. The Morgan fingerprint density at radius 3 is 1.34 bits per heavy atom. The van der Waals surface area contributed by atoms with Gasteiger partial charge in [-0.3, -0.25) is 0 Å². The third-order valence-electron chi connectivity index (χ3n) is 29.5. The van der Waals surface area contributed by atoms with Gasteiger partial charge in [-0.1, -0.05) is 37.3 Å². The van der Waals surface area contributed by atoms with Crippen LogP contribution in [0.1, 0.15) is 215 Å². The molecular formula is C70H71BN2. The van der Waals surface area contributed by atoms with Crippen molar-refractivity contribution in [1.82, 2.24) is 0 Å². The van der Waals surface area contributed by atoms with Gasteiger partial charge in [-0.15, -0.1) is 0 Å². The van der Waals surface area contributed by atoms with Gasteiger partial charge in [-0.05, 0) is 348 Å². The molecule has 11 fully saturated rings. The van der Waals surface area contributed by atoms with Crippen molar-refractivity contribution in [3.8, 4) is 0 Å². The Labute approximate surface area is 434 Å². The molecule has 3 heteroatoms. The van der Waals surface area contributed by atoms with E-state index in [0.717, 1.165) is 88.8 Å². The SMILES string of the molecule is CCC12CC3CC1CC2Cc1ccc(N2c4cc5c(cc4B4c6cc7c(cc6N(c6ccc8c(c6)C6CC9CC%10CC8CC%109C6)c6cccc2c64)C2CC4CC6CC7CC64C2)C2CC4CC6CC5CC46C2)cc13. The Balaban J connectivity index is 0.796. The van der Waals surface area contributed by atoms with E-state index in [9.17, 15) is 0 Å². The molecule has 364 valence electrons. The van der Waals surface area contributed by atoms with Gasteiger partial charge in [0.2, 0.25) is 0 Å². The molecule has 0 radical (unpaired) electrons. The predicted octanol–water partition coefficient (Wildman–Crippen LogP) is 15.4. The van der Waals surface area contributed by atoms with E-state index in [4.69, 9.17) is 0 Å². The summed E-state index contributed by atoms with van der Waals surface area (Å²) in [5, 5.41) is 0. The van der Waals surface area contributed by atoms with E-state index in [1.54, 1.807) is 60.9 Å². The standard InChI is InChI=1S/C70H71BN2/c1-2-67-28-37-12-44(67)18-43(67)10-35-6-7-51(22-54(35)37)72-62-4-3-5-63-66(62)71(60-24-56-39-14-47-20-49-16-41(33-69(47,49)31-39)58(56)26-64(60)72)61-25-57-40-15-48-21-50-17-42(34-70(48,50)32-40)59(57)27-65(61)73(63)52-8-9-53-36-11-45-19-46-13-38(55(53)23-52)30-68(45,46)29-36/h3-9,22-27,36-50H,2,10-21,28-34H2,1H3. The normalized spacial score (nSPS) is 46.3. The first-order chi connectivity index (χ1) is 35.8. The Morgan fingerprint density at radius 1 is 0.397 bits per heavy atom. The minimum Gasteiger partial charge on any atom is -0.311 e. The average Bonchev–Trinajstić information content (AvgIpc) is 4.27. The molecule has 0 N–H and O–H groups in total. The van der Waals surface area contributed by atoms with Gasteiger partial charge in [-0.2, -0.15) is 0 Å². The second-order valence-electron chi connectivity index (χ2n) is 30.6. The van der Waals surface area contributed by atoms with Crippen LogP contribution in [-0.4, -0.2) is 6.71 Å². The topological polar surface area (TPSA) is 6.48 Å². The molecule has 0 aromatic heterocycles. The molecule has 22 rings (SSSR count). The summed E-state index contributed by atoms with van der Waals surface area (Å²) in [5.41, 5.74) is 30.4. The van der Waals surface area contributed by atoms with Crippen molar-refractivity contribution < 1.29 is 0 Å². The third kappa shape index (κ3) is 4.15. The number of rotatable bonds is 3. The molecule has 0 saturated heterocycles. The smallest absolute Gasteiger partial charge is 0.252 e. The molecule has 3 spiro atoms. The summed E-state index contributed by atoms with van der Waals surface area (Å²) >= 11 is 0. The molecule has 2 nitrogen and oxygen atoms in total. The molecule has 11 saturated carbocycles. The highest BCUT2D eigenvalue weighted by molar-refractivity contribution is 7.00. The van der Waals surface area contributed by atoms with Gasteiger partial charge >= 0.3 is 0 Å². The third-order valence-corrected chi connectivity index (χ3v) is 29.5. The van der Waals surface area contributed by atoms with E-state index in [0.29, 0.717) is 21.7 Å². The van der Waals surface area contributed by atoms with E-state index in [1.165, 1.54) is 163 Å². The summed E-state index contributed by atoms with van der Waals surface area (Å²) in [6, 6.07) is 35.6. The van der Waals surface area contributed by atoms with E-state index in [2.05, 4.69) is 95.6 Å². The lowest BCUT2D eigenvalue weighted by Gasteiger charge is -2.53. The van der Waals surface area contributed by atoms with Crippen LogP contribution >= 0.6 is 0 Å². The zero-order valence-corrected chi connectivity index (χ0v) is 43.3. The van der Waals surface area contributed by atoms with Gasteiger partial charge in [0.1, 0.15) is 0 Å². The van der Waals surface area contributed by atoms with Crippen LogP contribution in [0.3, 0.4) is 0 Å². The molecule has 19 atom stereocenters. The van der Waals surface area contributed by atoms with E-state index < -0.39 is 0 Å². The highest BCUT2D eigenvalue weighted by atomic mass is 15.2. The van der Waals surface area contributed by atoms with Crippen molar-refractivity contribution in [3.63, 3.8) is 0 Å².